The summed E-state index contributed by atoms with van der Waals surface area (Å²) in [6, 6.07) is 26.8. The topological polar surface area (TPSA) is 52.7 Å². The van der Waals surface area contributed by atoms with E-state index < -0.39 is 6.04 Å². The van der Waals surface area contributed by atoms with Crippen LogP contribution in [0, 0.1) is 0 Å². The van der Waals surface area contributed by atoms with Gasteiger partial charge in [-0.05, 0) is 49.8 Å². The van der Waals surface area contributed by atoms with E-state index in [4.69, 9.17) is 0 Å². The molecule has 0 aliphatic carbocycles. The molecule has 0 unspecified atom stereocenters. The Bertz CT molecular complexity index is 1170. The number of hydrogen-bond donors (Lipinski definition) is 1. The van der Waals surface area contributed by atoms with Crippen LogP contribution in [-0.2, 0) is 16.1 Å². The highest BCUT2D eigenvalue weighted by Crippen LogP contribution is 2.36. The molecule has 1 amide bonds. The number of carbonyl (C=O) groups is 2. The number of ketones is 1. The number of rotatable bonds is 7. The second kappa shape index (κ2) is 9.84. The molecular weight excluding hydrogens is 410 g/mol. The molecule has 3 aromatic rings. The van der Waals surface area contributed by atoms with Crippen molar-refractivity contribution >= 4 is 23.0 Å². The lowest BCUT2D eigenvalue weighted by molar-refractivity contribution is -0.124. The van der Waals surface area contributed by atoms with E-state index in [2.05, 4.69) is 33.3 Å². The highest BCUT2D eigenvalue weighted by Gasteiger charge is 2.31. The van der Waals surface area contributed by atoms with Crippen LogP contribution in [0.4, 0.5) is 5.69 Å². The van der Waals surface area contributed by atoms with Crippen LogP contribution in [0.2, 0.25) is 0 Å². The van der Waals surface area contributed by atoms with Crippen molar-refractivity contribution in [2.75, 3.05) is 25.5 Å². The Morgan fingerprint density at radius 2 is 1.52 bits per heavy atom. The molecule has 0 radical (unpaired) electrons. The average molecular weight is 440 g/mol. The monoisotopic (exact) mass is 439 g/mol. The SMILES string of the molecule is CC(=O)[C@@H](NC(=O)C1=C(CN(C)C)N(c2ccccc2)Cc2ccccc21)c1ccccc1. The molecule has 4 rings (SSSR count). The van der Waals surface area contributed by atoms with Gasteiger partial charge < -0.3 is 15.1 Å². The van der Waals surface area contributed by atoms with Gasteiger partial charge in [-0.2, -0.15) is 0 Å². The van der Waals surface area contributed by atoms with Crippen LogP contribution in [-0.4, -0.2) is 37.2 Å². The number of nitrogens with zero attached hydrogens (tertiary/aromatic N) is 2. The van der Waals surface area contributed by atoms with Crippen molar-refractivity contribution in [3.8, 4) is 0 Å². The molecule has 1 aliphatic rings. The predicted molar refractivity (Wildman–Crippen MR) is 133 cm³/mol. The number of benzene rings is 3. The molecule has 33 heavy (non-hydrogen) atoms. The number of fused-ring (bicyclic) bond motifs is 1. The summed E-state index contributed by atoms with van der Waals surface area (Å²) in [6.45, 7) is 2.77. The van der Waals surface area contributed by atoms with Gasteiger partial charge in [0.25, 0.3) is 5.91 Å². The highest BCUT2D eigenvalue weighted by molar-refractivity contribution is 6.22. The first kappa shape index (κ1) is 22.5. The van der Waals surface area contributed by atoms with Crippen molar-refractivity contribution < 1.29 is 9.59 Å². The summed E-state index contributed by atoms with van der Waals surface area (Å²) in [4.78, 5) is 30.6. The number of Topliss-reactive ketones (excluding diaryl/α,β-unsaturated/α-hetero) is 1. The van der Waals surface area contributed by atoms with Crippen LogP contribution in [0.15, 0.2) is 90.6 Å². The summed E-state index contributed by atoms with van der Waals surface area (Å²) in [5.74, 6) is -0.350. The Hall–Kier alpha value is -3.70. The third-order valence-corrected chi connectivity index (χ3v) is 5.81. The lowest BCUT2D eigenvalue weighted by Gasteiger charge is -2.36. The normalized spacial score (nSPS) is 14.1. The summed E-state index contributed by atoms with van der Waals surface area (Å²) < 4.78 is 0. The second-order valence-electron chi connectivity index (χ2n) is 8.57. The van der Waals surface area contributed by atoms with E-state index in [1.807, 2.05) is 80.8 Å². The maximum atomic E-state index is 13.9. The van der Waals surface area contributed by atoms with Crippen LogP contribution < -0.4 is 10.2 Å². The van der Waals surface area contributed by atoms with Gasteiger partial charge >= 0.3 is 0 Å². The number of nitrogens with one attached hydrogen (secondary N) is 1. The molecule has 0 saturated heterocycles. The number of amides is 1. The minimum Gasteiger partial charge on any atom is -0.339 e. The summed E-state index contributed by atoms with van der Waals surface area (Å²) in [5, 5.41) is 3.03. The largest absolute Gasteiger partial charge is 0.339 e. The first-order valence-corrected chi connectivity index (χ1v) is 11.1. The van der Waals surface area contributed by atoms with Gasteiger partial charge in [-0.3, -0.25) is 9.59 Å². The molecule has 5 heteroatoms. The molecule has 1 heterocycles. The van der Waals surface area contributed by atoms with E-state index in [1.165, 1.54) is 6.92 Å². The van der Waals surface area contributed by atoms with E-state index in [1.54, 1.807) is 0 Å². The molecule has 1 aliphatic heterocycles. The molecule has 3 aromatic carbocycles. The fraction of sp³-hybridized carbons (Fsp3) is 0.214. The number of hydrogen-bond acceptors (Lipinski definition) is 4. The van der Waals surface area contributed by atoms with Gasteiger partial charge in [0, 0.05) is 24.5 Å². The molecule has 1 N–H and O–H groups in total. The first-order chi connectivity index (χ1) is 16.0. The van der Waals surface area contributed by atoms with Crippen LogP contribution in [0.5, 0.6) is 0 Å². The van der Waals surface area contributed by atoms with Gasteiger partial charge in [-0.25, -0.2) is 0 Å². The summed E-state index contributed by atoms with van der Waals surface area (Å²) in [7, 11) is 3.99. The van der Waals surface area contributed by atoms with Gasteiger partial charge in [0.15, 0.2) is 5.78 Å². The molecule has 0 saturated carbocycles. The lowest BCUT2D eigenvalue weighted by Crippen LogP contribution is -2.39. The van der Waals surface area contributed by atoms with E-state index >= 15 is 0 Å². The van der Waals surface area contributed by atoms with Crippen molar-refractivity contribution in [3.63, 3.8) is 0 Å². The van der Waals surface area contributed by atoms with E-state index in [0.717, 1.165) is 28.1 Å². The minimum absolute atomic E-state index is 0.103. The molecule has 0 fully saturated rings. The Labute approximate surface area is 195 Å². The smallest absolute Gasteiger partial charge is 0.254 e. The Morgan fingerprint density at radius 1 is 0.909 bits per heavy atom. The van der Waals surface area contributed by atoms with E-state index in [0.29, 0.717) is 18.7 Å². The highest BCUT2D eigenvalue weighted by atomic mass is 16.2. The van der Waals surface area contributed by atoms with Crippen molar-refractivity contribution in [3.05, 3.63) is 107 Å². The molecule has 168 valence electrons. The molecule has 0 aromatic heterocycles. The van der Waals surface area contributed by atoms with Gasteiger partial charge in [0.2, 0.25) is 0 Å². The van der Waals surface area contributed by atoms with Crippen molar-refractivity contribution in [1.29, 1.82) is 0 Å². The quantitative estimate of drug-likeness (QED) is 0.592. The fourth-order valence-corrected chi connectivity index (χ4v) is 4.30. The van der Waals surface area contributed by atoms with E-state index in [-0.39, 0.29) is 11.7 Å². The van der Waals surface area contributed by atoms with Crippen molar-refractivity contribution in [2.24, 2.45) is 0 Å². The van der Waals surface area contributed by atoms with Crippen LogP contribution in [0.1, 0.15) is 29.7 Å². The zero-order valence-electron chi connectivity index (χ0n) is 19.3. The number of carbonyl (C=O) groups excluding carboxylic acids is 2. The third kappa shape index (κ3) is 4.89. The third-order valence-electron chi connectivity index (χ3n) is 5.81. The van der Waals surface area contributed by atoms with Crippen LogP contribution in [0.3, 0.4) is 0 Å². The minimum atomic E-state index is -0.703. The lowest BCUT2D eigenvalue weighted by atomic mass is 9.91. The Morgan fingerprint density at radius 3 is 2.15 bits per heavy atom. The molecular formula is C28H29N3O2. The van der Waals surface area contributed by atoms with E-state index in [9.17, 15) is 9.59 Å². The summed E-state index contributed by atoms with van der Waals surface area (Å²) in [6.07, 6.45) is 0. The molecule has 1 atom stereocenters. The predicted octanol–water partition coefficient (Wildman–Crippen LogP) is 4.43. The number of anilines is 1. The number of likely N-dealkylation sites (N-methyl/N-ethyl adjacent to an activating group) is 1. The zero-order valence-corrected chi connectivity index (χ0v) is 19.3. The van der Waals surface area contributed by atoms with Crippen molar-refractivity contribution in [1.82, 2.24) is 10.2 Å². The van der Waals surface area contributed by atoms with Gasteiger partial charge in [0.05, 0.1) is 5.57 Å². The van der Waals surface area contributed by atoms with Crippen LogP contribution in [0.25, 0.3) is 5.57 Å². The standard InChI is InChI=1S/C28H29N3O2/c1-20(32)27(21-12-6-4-7-13-21)29-28(33)26-24-17-11-10-14-22(24)18-31(25(26)19-30(2)3)23-15-8-5-9-16-23/h4-17,27H,18-19H2,1-3H3,(H,29,33)/t27-/m1/s1. The summed E-state index contributed by atoms with van der Waals surface area (Å²) >= 11 is 0. The molecule has 0 bridgehead atoms. The van der Waals surface area contributed by atoms with Crippen molar-refractivity contribution in [2.45, 2.75) is 19.5 Å². The molecule has 0 spiro atoms. The average Bonchev–Trinajstić information content (AvgIpc) is 2.82. The molecule has 5 nitrogen and oxygen atoms in total. The van der Waals surface area contributed by atoms with Gasteiger partial charge in [0.1, 0.15) is 6.04 Å². The Balaban J connectivity index is 1.83. The maximum absolute atomic E-state index is 13.9. The Kier molecular flexibility index (Phi) is 6.71. The first-order valence-electron chi connectivity index (χ1n) is 11.1. The maximum Gasteiger partial charge on any atom is 0.254 e. The summed E-state index contributed by atoms with van der Waals surface area (Å²) in [5.41, 5.74) is 5.31. The zero-order chi connectivity index (χ0) is 23.4. The fourth-order valence-electron chi connectivity index (χ4n) is 4.30. The van der Waals surface area contributed by atoms with Gasteiger partial charge in [-0.15, -0.1) is 0 Å². The number of para-hydroxylation sites is 1. The second-order valence-corrected chi connectivity index (χ2v) is 8.57. The van der Waals surface area contributed by atoms with Gasteiger partial charge in [-0.1, -0.05) is 72.8 Å². The van der Waals surface area contributed by atoms with Crippen LogP contribution >= 0.6 is 0 Å².